The smallest absolute Gasteiger partial charge is 0.0703 e. The van der Waals surface area contributed by atoms with Crippen molar-refractivity contribution in [3.63, 3.8) is 0 Å². The highest BCUT2D eigenvalue weighted by atomic mass is 15.2. The molecule has 3 heterocycles. The van der Waals surface area contributed by atoms with E-state index in [9.17, 15) is 0 Å². The molecule has 0 saturated carbocycles. The van der Waals surface area contributed by atoms with Crippen LogP contribution in [0.1, 0.15) is 31.7 Å². The summed E-state index contributed by atoms with van der Waals surface area (Å²) >= 11 is 0. The molecule has 1 fully saturated rings. The molecule has 0 unspecified atom stereocenters. The lowest BCUT2D eigenvalue weighted by atomic mass is 9.93. The summed E-state index contributed by atoms with van der Waals surface area (Å²) in [5, 5.41) is 0. The lowest BCUT2D eigenvalue weighted by Crippen LogP contribution is -2.44. The maximum atomic E-state index is 5.03. The molecule has 0 aromatic heterocycles. The van der Waals surface area contributed by atoms with E-state index < -0.39 is 0 Å². The Morgan fingerprint density at radius 1 is 1.04 bits per heavy atom. The van der Waals surface area contributed by atoms with Gasteiger partial charge in [-0.3, -0.25) is 4.99 Å². The van der Waals surface area contributed by atoms with Crippen LogP contribution in [-0.2, 0) is 0 Å². The van der Waals surface area contributed by atoms with Crippen molar-refractivity contribution in [2.75, 3.05) is 43.0 Å². The first-order valence-electron chi connectivity index (χ1n) is 9.74. The second kappa shape index (κ2) is 6.13. The molecule has 0 radical (unpaired) electrons. The van der Waals surface area contributed by atoms with Crippen LogP contribution >= 0.6 is 0 Å². The second-order valence-corrected chi connectivity index (χ2v) is 7.74. The fourth-order valence-corrected chi connectivity index (χ4v) is 4.50. The first kappa shape index (κ1) is 15.9. The van der Waals surface area contributed by atoms with Crippen LogP contribution in [0.25, 0.3) is 0 Å². The molecule has 1 aromatic carbocycles. The Hall–Kier alpha value is -2.33. The van der Waals surface area contributed by atoms with Crippen LogP contribution in [0, 0.1) is 0 Å². The van der Waals surface area contributed by atoms with E-state index in [1.54, 1.807) is 0 Å². The Bertz CT molecular complexity index is 866. The normalized spacial score (nSPS) is 22.5. The van der Waals surface area contributed by atoms with Gasteiger partial charge < -0.3 is 14.7 Å². The number of anilines is 2. The monoisotopic (exact) mass is 346 g/mol. The van der Waals surface area contributed by atoms with E-state index in [-0.39, 0.29) is 0 Å². The summed E-state index contributed by atoms with van der Waals surface area (Å²) in [5.74, 6) is 0. The van der Waals surface area contributed by atoms with Crippen LogP contribution in [0.5, 0.6) is 0 Å². The van der Waals surface area contributed by atoms with Gasteiger partial charge in [0.25, 0.3) is 0 Å². The van der Waals surface area contributed by atoms with Gasteiger partial charge in [-0.2, -0.15) is 0 Å². The number of rotatable bonds is 1. The van der Waals surface area contributed by atoms with Crippen molar-refractivity contribution in [3.8, 4) is 0 Å². The first-order chi connectivity index (χ1) is 12.7. The van der Waals surface area contributed by atoms with E-state index in [4.69, 9.17) is 4.99 Å². The van der Waals surface area contributed by atoms with Crippen LogP contribution in [0.4, 0.5) is 11.4 Å². The van der Waals surface area contributed by atoms with Crippen molar-refractivity contribution >= 4 is 17.1 Å². The minimum Gasteiger partial charge on any atom is -0.369 e. The molecular formula is C22H26N4. The molecule has 0 atom stereocenters. The molecule has 0 N–H and O–H groups in total. The second-order valence-electron chi connectivity index (χ2n) is 7.74. The minimum atomic E-state index is 1.08. The van der Waals surface area contributed by atoms with Crippen LogP contribution in [0.3, 0.4) is 0 Å². The maximum absolute atomic E-state index is 5.03. The molecule has 3 aliphatic heterocycles. The fraction of sp³-hybridized carbons (Fsp3) is 0.409. The van der Waals surface area contributed by atoms with Crippen molar-refractivity contribution in [1.29, 1.82) is 0 Å². The minimum absolute atomic E-state index is 1.08. The summed E-state index contributed by atoms with van der Waals surface area (Å²) in [6.45, 7) is 6.60. The number of likely N-dealkylation sites (N-methyl/N-ethyl adjacent to an activating group) is 1. The van der Waals surface area contributed by atoms with E-state index >= 15 is 0 Å². The van der Waals surface area contributed by atoms with E-state index in [0.717, 1.165) is 44.7 Å². The predicted octanol–water partition coefficient (Wildman–Crippen LogP) is 3.92. The van der Waals surface area contributed by atoms with Crippen LogP contribution in [-0.4, -0.2) is 43.8 Å². The number of aliphatic imine (C=N–C) groups is 1. The molecule has 4 nitrogen and oxygen atoms in total. The molecular weight excluding hydrogens is 320 g/mol. The van der Waals surface area contributed by atoms with Crippen molar-refractivity contribution < 1.29 is 0 Å². The van der Waals surface area contributed by atoms with Gasteiger partial charge in [0.05, 0.1) is 17.1 Å². The Morgan fingerprint density at radius 3 is 2.73 bits per heavy atom. The predicted molar refractivity (Wildman–Crippen MR) is 109 cm³/mol. The third-order valence-electron chi connectivity index (χ3n) is 6.01. The van der Waals surface area contributed by atoms with Gasteiger partial charge in [0.15, 0.2) is 0 Å². The van der Waals surface area contributed by atoms with Gasteiger partial charge in [-0.25, -0.2) is 0 Å². The highest BCUT2D eigenvalue weighted by Crippen LogP contribution is 2.42. The van der Waals surface area contributed by atoms with Crippen LogP contribution in [0.2, 0.25) is 0 Å². The number of hydrogen-bond acceptors (Lipinski definition) is 4. The van der Waals surface area contributed by atoms with Crippen molar-refractivity contribution in [3.05, 3.63) is 59.1 Å². The molecule has 26 heavy (non-hydrogen) atoms. The van der Waals surface area contributed by atoms with Gasteiger partial charge in [-0.1, -0.05) is 6.08 Å². The Kier molecular flexibility index (Phi) is 3.75. The summed E-state index contributed by atoms with van der Waals surface area (Å²) in [6, 6.07) is 6.92. The molecule has 4 heteroatoms. The Morgan fingerprint density at radius 2 is 1.88 bits per heavy atom. The number of benzene rings is 1. The molecule has 5 rings (SSSR count). The fourth-order valence-electron chi connectivity index (χ4n) is 4.50. The van der Waals surface area contributed by atoms with Gasteiger partial charge in [0.2, 0.25) is 0 Å². The zero-order valence-electron chi connectivity index (χ0n) is 15.7. The first-order valence-corrected chi connectivity index (χ1v) is 9.74. The number of hydrogen-bond donors (Lipinski definition) is 0. The molecule has 0 spiro atoms. The topological polar surface area (TPSA) is 22.1 Å². The SMILES string of the molecule is CC1=NC2=C3C(=CC=CN3c3cc(N4CCN(C)CC4)ccc31)CCC2. The third-order valence-corrected chi connectivity index (χ3v) is 6.01. The summed E-state index contributed by atoms with van der Waals surface area (Å²) in [5.41, 5.74) is 9.00. The standard InChI is InChI=1S/C22H26N4/c1-16-19-9-8-18(25-13-11-24(2)12-14-25)15-21(19)26-10-4-6-17-5-3-7-20(23-16)22(17)26/h4,6,8-10,15H,3,5,7,11-14H2,1-2H3. The largest absolute Gasteiger partial charge is 0.369 e. The summed E-state index contributed by atoms with van der Waals surface area (Å²) in [7, 11) is 2.21. The molecule has 0 bridgehead atoms. The van der Waals surface area contributed by atoms with Gasteiger partial charge in [0.1, 0.15) is 0 Å². The molecule has 1 aromatic rings. The van der Waals surface area contributed by atoms with E-state index in [1.165, 1.54) is 40.3 Å². The maximum Gasteiger partial charge on any atom is 0.0703 e. The van der Waals surface area contributed by atoms with Crippen molar-refractivity contribution in [2.24, 2.45) is 4.99 Å². The van der Waals surface area contributed by atoms with E-state index in [1.807, 2.05) is 0 Å². The van der Waals surface area contributed by atoms with Gasteiger partial charge >= 0.3 is 0 Å². The zero-order valence-corrected chi connectivity index (χ0v) is 15.7. The average molecular weight is 346 g/mol. The van der Waals surface area contributed by atoms with Crippen LogP contribution < -0.4 is 9.80 Å². The highest BCUT2D eigenvalue weighted by Gasteiger charge is 2.29. The summed E-state index contributed by atoms with van der Waals surface area (Å²) in [6.07, 6.45) is 10.1. The summed E-state index contributed by atoms with van der Waals surface area (Å²) < 4.78 is 0. The Balaban J connectivity index is 1.60. The van der Waals surface area contributed by atoms with Crippen LogP contribution in [0.15, 0.2) is 58.5 Å². The number of nitrogens with zero attached hydrogens (tertiary/aromatic N) is 4. The highest BCUT2D eigenvalue weighted by molar-refractivity contribution is 6.06. The quantitative estimate of drug-likeness (QED) is 0.769. The number of fused-ring (bicyclic) bond motifs is 2. The lowest BCUT2D eigenvalue weighted by Gasteiger charge is -2.36. The van der Waals surface area contributed by atoms with E-state index in [0.29, 0.717) is 0 Å². The molecule has 0 amide bonds. The third kappa shape index (κ3) is 2.52. The summed E-state index contributed by atoms with van der Waals surface area (Å²) in [4.78, 5) is 12.3. The Labute approximate surface area is 155 Å². The van der Waals surface area contributed by atoms with Crippen molar-refractivity contribution in [2.45, 2.75) is 26.2 Å². The van der Waals surface area contributed by atoms with E-state index in [2.05, 4.69) is 65.2 Å². The molecule has 1 saturated heterocycles. The van der Waals surface area contributed by atoms with Gasteiger partial charge in [-0.15, -0.1) is 0 Å². The lowest BCUT2D eigenvalue weighted by molar-refractivity contribution is 0.313. The number of allylic oxidation sites excluding steroid dienone is 4. The molecule has 4 aliphatic rings. The van der Waals surface area contributed by atoms with Crippen molar-refractivity contribution in [1.82, 2.24) is 4.90 Å². The molecule has 134 valence electrons. The average Bonchev–Trinajstić information content (AvgIpc) is 2.79. The van der Waals surface area contributed by atoms with Gasteiger partial charge in [0, 0.05) is 49.3 Å². The van der Waals surface area contributed by atoms with Gasteiger partial charge in [-0.05, 0) is 63.1 Å². The zero-order chi connectivity index (χ0) is 17.7. The molecule has 1 aliphatic carbocycles. The number of piperazine rings is 1.